The number of carboxylic acid groups (broad SMARTS) is 1. The summed E-state index contributed by atoms with van der Waals surface area (Å²) in [6, 6.07) is 0. The van der Waals surface area contributed by atoms with Crippen molar-refractivity contribution >= 4 is 5.97 Å². The molecule has 14 heavy (non-hydrogen) atoms. The number of hydrogen-bond donors (Lipinski definition) is 1. The summed E-state index contributed by atoms with van der Waals surface area (Å²) in [5.41, 5.74) is 0. The van der Waals surface area contributed by atoms with Crippen LogP contribution in [0.25, 0.3) is 0 Å². The lowest BCUT2D eigenvalue weighted by Crippen LogP contribution is -2.19. The molecule has 0 radical (unpaired) electrons. The predicted octanol–water partition coefficient (Wildman–Crippen LogP) is 2.55. The number of ether oxygens (including phenoxy) is 1. The first-order valence-corrected chi connectivity index (χ1v) is 5.27. The molecule has 3 nitrogen and oxygen atoms in total. The minimum absolute atomic E-state index is 0.184. The van der Waals surface area contributed by atoms with Gasteiger partial charge in [0.15, 0.2) is 0 Å². The van der Waals surface area contributed by atoms with Gasteiger partial charge < -0.3 is 9.84 Å². The van der Waals surface area contributed by atoms with Gasteiger partial charge in [-0.3, -0.25) is 4.79 Å². The van der Waals surface area contributed by atoms with E-state index in [4.69, 9.17) is 9.84 Å². The Morgan fingerprint density at radius 2 is 1.86 bits per heavy atom. The molecule has 1 N–H and O–H groups in total. The fourth-order valence-electron chi connectivity index (χ4n) is 1.36. The Kier molecular flexibility index (Phi) is 6.54. The van der Waals surface area contributed by atoms with Crippen LogP contribution in [0.4, 0.5) is 0 Å². The Morgan fingerprint density at radius 3 is 2.21 bits per heavy atom. The normalized spacial score (nSPS) is 13.6. The highest BCUT2D eigenvalue weighted by molar-refractivity contribution is 5.69. The maximum absolute atomic E-state index is 10.9. The molecular weight excluding hydrogens is 180 g/mol. The van der Waals surface area contributed by atoms with Crippen LogP contribution in [0.15, 0.2) is 0 Å². The highest BCUT2D eigenvalue weighted by Gasteiger charge is 2.18. The van der Waals surface area contributed by atoms with Crippen LogP contribution >= 0.6 is 0 Å². The number of hydrogen-bond acceptors (Lipinski definition) is 2. The zero-order valence-corrected chi connectivity index (χ0v) is 9.62. The first kappa shape index (κ1) is 13.4. The van der Waals surface area contributed by atoms with Gasteiger partial charge >= 0.3 is 5.97 Å². The fourth-order valence-corrected chi connectivity index (χ4v) is 1.36. The van der Waals surface area contributed by atoms with Gasteiger partial charge in [0.25, 0.3) is 0 Å². The lowest BCUT2D eigenvalue weighted by atomic mass is 9.95. The van der Waals surface area contributed by atoms with Gasteiger partial charge in [-0.1, -0.05) is 13.8 Å². The largest absolute Gasteiger partial charge is 0.481 e. The molecule has 0 aromatic heterocycles. The summed E-state index contributed by atoms with van der Waals surface area (Å²) in [4.78, 5) is 10.9. The van der Waals surface area contributed by atoms with Crippen molar-refractivity contribution in [3.8, 4) is 0 Å². The van der Waals surface area contributed by atoms with E-state index in [0.29, 0.717) is 18.9 Å². The van der Waals surface area contributed by atoms with Crippen molar-refractivity contribution < 1.29 is 14.6 Å². The standard InChI is InChI=1S/C11H22O3/c1-8(2)7-10(11(12)13)5-6-14-9(3)4/h8-10H,5-7H2,1-4H3,(H,12,13). The van der Waals surface area contributed by atoms with E-state index in [9.17, 15) is 4.79 Å². The molecule has 84 valence electrons. The molecule has 0 rings (SSSR count). The van der Waals surface area contributed by atoms with Crippen LogP contribution in [0.2, 0.25) is 0 Å². The lowest BCUT2D eigenvalue weighted by Gasteiger charge is -2.15. The van der Waals surface area contributed by atoms with Gasteiger partial charge in [-0.05, 0) is 32.6 Å². The van der Waals surface area contributed by atoms with Crippen LogP contribution in [-0.4, -0.2) is 23.8 Å². The number of carbonyl (C=O) groups is 1. The van der Waals surface area contributed by atoms with Crippen LogP contribution < -0.4 is 0 Å². The van der Waals surface area contributed by atoms with Crippen molar-refractivity contribution in [3.63, 3.8) is 0 Å². The molecule has 0 bridgehead atoms. The molecule has 0 fully saturated rings. The maximum atomic E-state index is 10.9. The molecule has 1 unspecified atom stereocenters. The molecule has 0 amide bonds. The van der Waals surface area contributed by atoms with E-state index in [1.165, 1.54) is 0 Å². The van der Waals surface area contributed by atoms with Gasteiger partial charge in [-0.15, -0.1) is 0 Å². The van der Waals surface area contributed by atoms with Crippen LogP contribution in [0.5, 0.6) is 0 Å². The predicted molar refractivity (Wildman–Crippen MR) is 56.3 cm³/mol. The van der Waals surface area contributed by atoms with Crippen molar-refractivity contribution in [2.45, 2.75) is 46.6 Å². The van der Waals surface area contributed by atoms with Gasteiger partial charge in [0.1, 0.15) is 0 Å². The van der Waals surface area contributed by atoms with E-state index >= 15 is 0 Å². The average molecular weight is 202 g/mol. The maximum Gasteiger partial charge on any atom is 0.306 e. The van der Waals surface area contributed by atoms with Gasteiger partial charge in [0.2, 0.25) is 0 Å². The summed E-state index contributed by atoms with van der Waals surface area (Å²) in [5.74, 6) is -0.532. The van der Waals surface area contributed by atoms with Crippen molar-refractivity contribution in [1.29, 1.82) is 0 Å². The Labute approximate surface area is 86.5 Å². The van der Waals surface area contributed by atoms with Crippen LogP contribution in [0, 0.1) is 11.8 Å². The summed E-state index contributed by atoms with van der Waals surface area (Å²) in [6.45, 7) is 8.54. The molecular formula is C11H22O3. The topological polar surface area (TPSA) is 46.5 Å². The molecule has 0 spiro atoms. The molecule has 0 aliphatic carbocycles. The second-order valence-electron chi connectivity index (χ2n) is 4.37. The van der Waals surface area contributed by atoms with E-state index in [2.05, 4.69) is 0 Å². The minimum Gasteiger partial charge on any atom is -0.481 e. The van der Waals surface area contributed by atoms with E-state index in [1.54, 1.807) is 0 Å². The van der Waals surface area contributed by atoms with Crippen LogP contribution in [0.3, 0.4) is 0 Å². The quantitative estimate of drug-likeness (QED) is 0.690. The molecule has 1 atom stereocenters. The summed E-state index contributed by atoms with van der Waals surface area (Å²) < 4.78 is 5.34. The monoisotopic (exact) mass is 202 g/mol. The van der Waals surface area contributed by atoms with Crippen LogP contribution in [-0.2, 0) is 9.53 Å². The fraction of sp³-hybridized carbons (Fsp3) is 0.909. The molecule has 0 aliphatic heterocycles. The van der Waals surface area contributed by atoms with Crippen molar-refractivity contribution in [1.82, 2.24) is 0 Å². The second kappa shape index (κ2) is 6.82. The zero-order valence-electron chi connectivity index (χ0n) is 9.62. The molecule has 0 aliphatic rings. The molecule has 0 aromatic carbocycles. The third-order valence-corrected chi connectivity index (χ3v) is 2.02. The Morgan fingerprint density at radius 1 is 1.29 bits per heavy atom. The number of carboxylic acids is 1. The summed E-state index contributed by atoms with van der Waals surface area (Å²) in [7, 11) is 0. The number of aliphatic carboxylic acids is 1. The highest BCUT2D eigenvalue weighted by Crippen LogP contribution is 2.15. The SMILES string of the molecule is CC(C)CC(CCOC(C)C)C(=O)O. The molecule has 0 saturated heterocycles. The smallest absolute Gasteiger partial charge is 0.306 e. The first-order chi connectivity index (χ1) is 6.43. The molecule has 0 heterocycles. The lowest BCUT2D eigenvalue weighted by molar-refractivity contribution is -0.143. The van der Waals surface area contributed by atoms with E-state index in [1.807, 2.05) is 27.7 Å². The highest BCUT2D eigenvalue weighted by atomic mass is 16.5. The van der Waals surface area contributed by atoms with Crippen LogP contribution in [0.1, 0.15) is 40.5 Å². The molecule has 0 aromatic rings. The third-order valence-electron chi connectivity index (χ3n) is 2.02. The average Bonchev–Trinajstić information content (AvgIpc) is 2.00. The van der Waals surface area contributed by atoms with E-state index in [0.717, 1.165) is 6.42 Å². The van der Waals surface area contributed by atoms with Crippen molar-refractivity contribution in [3.05, 3.63) is 0 Å². The first-order valence-electron chi connectivity index (χ1n) is 5.27. The third kappa shape index (κ3) is 6.89. The van der Waals surface area contributed by atoms with Gasteiger partial charge in [0, 0.05) is 6.61 Å². The molecule has 0 saturated carbocycles. The Hall–Kier alpha value is -0.570. The zero-order chi connectivity index (χ0) is 11.1. The van der Waals surface area contributed by atoms with Gasteiger partial charge in [0.05, 0.1) is 12.0 Å². The van der Waals surface area contributed by atoms with E-state index in [-0.39, 0.29) is 12.0 Å². The van der Waals surface area contributed by atoms with Crippen molar-refractivity contribution in [2.24, 2.45) is 11.8 Å². The Balaban J connectivity index is 3.80. The van der Waals surface area contributed by atoms with E-state index < -0.39 is 5.97 Å². The van der Waals surface area contributed by atoms with Crippen molar-refractivity contribution in [2.75, 3.05) is 6.61 Å². The van der Waals surface area contributed by atoms with Gasteiger partial charge in [-0.2, -0.15) is 0 Å². The Bertz CT molecular complexity index is 164. The molecule has 3 heteroatoms. The minimum atomic E-state index is -0.703. The number of rotatable bonds is 7. The summed E-state index contributed by atoms with van der Waals surface area (Å²) in [5, 5.41) is 8.93. The van der Waals surface area contributed by atoms with Gasteiger partial charge in [-0.25, -0.2) is 0 Å². The summed E-state index contributed by atoms with van der Waals surface area (Å²) >= 11 is 0. The summed E-state index contributed by atoms with van der Waals surface area (Å²) in [6.07, 6.45) is 1.53. The second-order valence-corrected chi connectivity index (χ2v) is 4.37.